The van der Waals surface area contributed by atoms with Gasteiger partial charge in [-0.05, 0) is 25.7 Å². The first-order valence-corrected chi connectivity index (χ1v) is 6.86. The molecule has 1 fully saturated rings. The van der Waals surface area contributed by atoms with E-state index in [9.17, 15) is 9.59 Å². The Bertz CT molecular complexity index is 310. The summed E-state index contributed by atoms with van der Waals surface area (Å²) in [5, 5.41) is 5.43. The fraction of sp³-hybridized carbons (Fsp3) is 0.846. The number of nitrogens with zero attached hydrogens (tertiary/aromatic N) is 1. The van der Waals surface area contributed by atoms with Gasteiger partial charge in [-0.3, -0.25) is 4.79 Å². The quantitative estimate of drug-likeness (QED) is 0.719. The van der Waals surface area contributed by atoms with Crippen molar-refractivity contribution in [3.8, 4) is 0 Å². The molecule has 1 rings (SSSR count). The predicted molar refractivity (Wildman–Crippen MR) is 72.9 cm³/mol. The molecule has 0 aromatic carbocycles. The summed E-state index contributed by atoms with van der Waals surface area (Å²) in [6, 6.07) is -0.678. The number of methoxy groups -OCH3 is 1. The molecule has 1 aliphatic rings. The molecule has 0 radical (unpaired) electrons. The van der Waals surface area contributed by atoms with Gasteiger partial charge in [-0.15, -0.1) is 0 Å². The summed E-state index contributed by atoms with van der Waals surface area (Å²) in [6.45, 7) is 6.29. The second-order valence-electron chi connectivity index (χ2n) is 5.15. The second-order valence-corrected chi connectivity index (χ2v) is 5.15. The average molecular weight is 271 g/mol. The molecule has 1 aliphatic heterocycles. The van der Waals surface area contributed by atoms with Gasteiger partial charge < -0.3 is 20.3 Å². The summed E-state index contributed by atoms with van der Waals surface area (Å²) in [4.78, 5) is 25.5. The number of carbonyl (C=O) groups is 2. The summed E-state index contributed by atoms with van der Waals surface area (Å²) >= 11 is 0. The lowest BCUT2D eigenvalue weighted by molar-refractivity contribution is -0.122. The highest BCUT2D eigenvalue weighted by molar-refractivity contribution is 5.86. The second kappa shape index (κ2) is 7.99. The molecule has 0 saturated carbocycles. The van der Waals surface area contributed by atoms with Crippen LogP contribution < -0.4 is 10.6 Å². The first-order valence-electron chi connectivity index (χ1n) is 6.86. The molecule has 1 saturated heterocycles. The summed E-state index contributed by atoms with van der Waals surface area (Å²) in [5.74, 6) is 0.348. The standard InChI is InChI=1S/C13H25N3O3/c1-10-5-4-7-16(9-10)13(18)15-11(2)12(17)14-6-8-19-3/h10-11H,4-9H2,1-3H3,(H,14,17)(H,15,18). The van der Waals surface area contributed by atoms with Crippen LogP contribution in [0.1, 0.15) is 26.7 Å². The van der Waals surface area contributed by atoms with Gasteiger partial charge in [-0.25, -0.2) is 4.79 Å². The fourth-order valence-electron chi connectivity index (χ4n) is 2.15. The van der Waals surface area contributed by atoms with Gasteiger partial charge in [0.1, 0.15) is 6.04 Å². The first kappa shape index (κ1) is 15.8. The molecule has 3 amide bonds. The summed E-state index contributed by atoms with van der Waals surface area (Å²) < 4.78 is 4.85. The van der Waals surface area contributed by atoms with Gasteiger partial charge in [-0.1, -0.05) is 6.92 Å². The third-order valence-corrected chi connectivity index (χ3v) is 3.28. The number of ether oxygens (including phenoxy) is 1. The molecular formula is C13H25N3O3. The Labute approximate surface area is 114 Å². The predicted octanol–water partition coefficient (Wildman–Crippen LogP) is 0.579. The van der Waals surface area contributed by atoms with Crippen molar-refractivity contribution >= 4 is 11.9 Å². The normalized spacial score (nSPS) is 20.8. The third-order valence-electron chi connectivity index (χ3n) is 3.28. The molecule has 0 aliphatic carbocycles. The first-order chi connectivity index (χ1) is 9.04. The van der Waals surface area contributed by atoms with Crippen LogP contribution in [0.4, 0.5) is 4.79 Å². The molecule has 0 bridgehead atoms. The van der Waals surface area contributed by atoms with Crippen LogP contribution in [0.2, 0.25) is 0 Å². The highest BCUT2D eigenvalue weighted by Gasteiger charge is 2.23. The number of rotatable bonds is 5. The van der Waals surface area contributed by atoms with Gasteiger partial charge >= 0.3 is 6.03 Å². The Balaban J connectivity index is 2.32. The van der Waals surface area contributed by atoms with Crippen LogP contribution in [0.25, 0.3) is 0 Å². The lowest BCUT2D eigenvalue weighted by Crippen LogP contribution is -2.52. The SMILES string of the molecule is COCCNC(=O)C(C)NC(=O)N1CCCC(C)C1. The van der Waals surface area contributed by atoms with Crippen molar-refractivity contribution in [1.82, 2.24) is 15.5 Å². The topological polar surface area (TPSA) is 70.7 Å². The van der Waals surface area contributed by atoms with E-state index in [-0.39, 0.29) is 11.9 Å². The van der Waals surface area contributed by atoms with Gasteiger partial charge in [0.2, 0.25) is 5.91 Å². The van der Waals surface area contributed by atoms with Crippen LogP contribution in [-0.4, -0.2) is 56.2 Å². The molecule has 0 aromatic rings. The van der Waals surface area contributed by atoms with Crippen LogP contribution in [0.5, 0.6) is 0 Å². The van der Waals surface area contributed by atoms with Crippen molar-refractivity contribution in [1.29, 1.82) is 0 Å². The molecule has 2 unspecified atom stereocenters. The Morgan fingerprint density at radius 2 is 2.21 bits per heavy atom. The van der Waals surface area contributed by atoms with Gasteiger partial charge in [0.15, 0.2) is 0 Å². The smallest absolute Gasteiger partial charge is 0.318 e. The number of hydrogen-bond acceptors (Lipinski definition) is 3. The maximum absolute atomic E-state index is 12.0. The number of nitrogens with one attached hydrogen (secondary N) is 2. The zero-order valence-electron chi connectivity index (χ0n) is 12.1. The van der Waals surface area contributed by atoms with Gasteiger partial charge in [0.05, 0.1) is 6.61 Å². The van der Waals surface area contributed by atoms with E-state index >= 15 is 0 Å². The van der Waals surface area contributed by atoms with Crippen molar-refractivity contribution in [2.24, 2.45) is 5.92 Å². The minimum atomic E-state index is -0.526. The molecule has 110 valence electrons. The van der Waals surface area contributed by atoms with Crippen molar-refractivity contribution in [2.75, 3.05) is 33.4 Å². The minimum Gasteiger partial charge on any atom is -0.383 e. The third kappa shape index (κ3) is 5.46. The monoisotopic (exact) mass is 271 g/mol. The van der Waals surface area contributed by atoms with E-state index in [0.29, 0.717) is 19.1 Å². The van der Waals surface area contributed by atoms with Crippen LogP contribution in [0, 0.1) is 5.92 Å². The van der Waals surface area contributed by atoms with E-state index in [0.717, 1.165) is 25.9 Å². The number of piperidine rings is 1. The van der Waals surface area contributed by atoms with Crippen LogP contribution >= 0.6 is 0 Å². The molecule has 2 atom stereocenters. The number of amides is 3. The summed E-state index contributed by atoms with van der Waals surface area (Å²) in [5.41, 5.74) is 0. The highest BCUT2D eigenvalue weighted by Crippen LogP contribution is 2.15. The van der Waals surface area contributed by atoms with Crippen molar-refractivity contribution in [2.45, 2.75) is 32.7 Å². The van der Waals surface area contributed by atoms with Gasteiger partial charge in [0.25, 0.3) is 0 Å². The van der Waals surface area contributed by atoms with E-state index in [1.165, 1.54) is 0 Å². The largest absolute Gasteiger partial charge is 0.383 e. The minimum absolute atomic E-state index is 0.152. The van der Waals surface area contributed by atoms with Crippen molar-refractivity contribution in [3.63, 3.8) is 0 Å². The number of carbonyl (C=O) groups excluding carboxylic acids is 2. The zero-order valence-corrected chi connectivity index (χ0v) is 12.1. The van der Waals surface area contributed by atoms with E-state index in [4.69, 9.17) is 4.74 Å². The van der Waals surface area contributed by atoms with Crippen molar-refractivity contribution in [3.05, 3.63) is 0 Å². The maximum atomic E-state index is 12.0. The summed E-state index contributed by atoms with van der Waals surface area (Å²) in [6.07, 6.45) is 2.19. The van der Waals surface area contributed by atoms with Crippen LogP contribution in [0.3, 0.4) is 0 Å². The van der Waals surface area contributed by atoms with Gasteiger partial charge in [-0.2, -0.15) is 0 Å². The lowest BCUT2D eigenvalue weighted by atomic mass is 10.0. The fourth-order valence-corrected chi connectivity index (χ4v) is 2.15. The Kier molecular flexibility index (Phi) is 6.62. The maximum Gasteiger partial charge on any atom is 0.318 e. The molecular weight excluding hydrogens is 246 g/mol. The number of hydrogen-bond donors (Lipinski definition) is 2. The van der Waals surface area contributed by atoms with E-state index in [1.54, 1.807) is 18.9 Å². The molecule has 6 heteroatoms. The van der Waals surface area contributed by atoms with Gasteiger partial charge in [0, 0.05) is 26.7 Å². The van der Waals surface area contributed by atoms with Crippen LogP contribution in [-0.2, 0) is 9.53 Å². The molecule has 19 heavy (non-hydrogen) atoms. The molecule has 1 heterocycles. The Hall–Kier alpha value is -1.30. The molecule has 0 aromatic heterocycles. The van der Waals surface area contributed by atoms with E-state index in [2.05, 4.69) is 17.6 Å². The lowest BCUT2D eigenvalue weighted by Gasteiger charge is -2.31. The molecule has 6 nitrogen and oxygen atoms in total. The molecule has 0 spiro atoms. The zero-order chi connectivity index (χ0) is 14.3. The highest BCUT2D eigenvalue weighted by atomic mass is 16.5. The number of urea groups is 1. The average Bonchev–Trinajstić information content (AvgIpc) is 2.38. The Morgan fingerprint density at radius 1 is 1.47 bits per heavy atom. The Morgan fingerprint density at radius 3 is 2.84 bits per heavy atom. The van der Waals surface area contributed by atoms with E-state index in [1.807, 2.05) is 0 Å². The number of likely N-dealkylation sites (tertiary alicyclic amines) is 1. The van der Waals surface area contributed by atoms with Crippen molar-refractivity contribution < 1.29 is 14.3 Å². The van der Waals surface area contributed by atoms with Crippen LogP contribution in [0.15, 0.2) is 0 Å². The molecule has 2 N–H and O–H groups in total. The summed E-state index contributed by atoms with van der Waals surface area (Å²) in [7, 11) is 1.58. The van der Waals surface area contributed by atoms with E-state index < -0.39 is 6.04 Å².